The Balaban J connectivity index is 1.69. The summed E-state index contributed by atoms with van der Waals surface area (Å²) in [4.78, 5) is 26.4. The van der Waals surface area contributed by atoms with Crippen LogP contribution in [0.25, 0.3) is 0 Å². The van der Waals surface area contributed by atoms with Crippen LogP contribution in [0.3, 0.4) is 0 Å². The normalized spacial score (nSPS) is 22.0. The number of hydrogen-bond acceptors (Lipinski definition) is 4. The minimum Gasteiger partial charge on any atom is -0.378 e. The second kappa shape index (κ2) is 6.89. The lowest BCUT2D eigenvalue weighted by atomic mass is 10.0. The van der Waals surface area contributed by atoms with Gasteiger partial charge in [0, 0.05) is 19.5 Å². The van der Waals surface area contributed by atoms with E-state index in [1.807, 2.05) is 30.3 Å². The molecule has 2 aliphatic rings. The van der Waals surface area contributed by atoms with E-state index in [-0.39, 0.29) is 11.8 Å². The van der Waals surface area contributed by atoms with Gasteiger partial charge in [-0.25, -0.2) is 0 Å². The zero-order chi connectivity index (χ0) is 15.4. The molecule has 0 bridgehead atoms. The molecule has 1 aromatic carbocycles. The molecule has 1 N–H and O–H groups in total. The van der Waals surface area contributed by atoms with Gasteiger partial charge in [0.05, 0.1) is 19.8 Å². The molecule has 6 nitrogen and oxygen atoms in total. The molecule has 0 saturated carbocycles. The van der Waals surface area contributed by atoms with E-state index in [0.29, 0.717) is 39.3 Å². The number of ether oxygens (including phenoxy) is 2. The van der Waals surface area contributed by atoms with Crippen LogP contribution in [0.15, 0.2) is 30.3 Å². The Morgan fingerprint density at radius 1 is 1.23 bits per heavy atom. The van der Waals surface area contributed by atoms with Crippen LogP contribution >= 0.6 is 0 Å². The van der Waals surface area contributed by atoms with Crippen LogP contribution in [0.5, 0.6) is 0 Å². The van der Waals surface area contributed by atoms with Crippen molar-refractivity contribution in [3.63, 3.8) is 0 Å². The summed E-state index contributed by atoms with van der Waals surface area (Å²) in [6.45, 7) is 2.67. The molecule has 0 spiro atoms. The van der Waals surface area contributed by atoms with Gasteiger partial charge in [-0.2, -0.15) is 0 Å². The van der Waals surface area contributed by atoms with Gasteiger partial charge in [0.2, 0.25) is 5.91 Å². The Morgan fingerprint density at radius 2 is 1.91 bits per heavy atom. The summed E-state index contributed by atoms with van der Waals surface area (Å²) in [5, 5.41) is 2.83. The fraction of sp³-hybridized carbons (Fsp3) is 0.500. The molecule has 22 heavy (non-hydrogen) atoms. The van der Waals surface area contributed by atoms with Gasteiger partial charge >= 0.3 is 0 Å². The van der Waals surface area contributed by atoms with E-state index < -0.39 is 12.1 Å². The van der Waals surface area contributed by atoms with Crippen LogP contribution in [0, 0.1) is 0 Å². The van der Waals surface area contributed by atoms with E-state index in [4.69, 9.17) is 9.47 Å². The van der Waals surface area contributed by atoms with Crippen molar-refractivity contribution in [1.29, 1.82) is 0 Å². The predicted octanol–water partition coefficient (Wildman–Crippen LogP) is -0.0285. The van der Waals surface area contributed by atoms with Crippen molar-refractivity contribution >= 4 is 11.8 Å². The average Bonchev–Trinajstić information content (AvgIpc) is 3.40. The summed E-state index contributed by atoms with van der Waals surface area (Å²) in [5.74, 6) is -0.260. The SMILES string of the molecule is O=C(NC(Cc1ccccc1)C(=O)N1CCOCC1)C1CO1. The summed E-state index contributed by atoms with van der Waals surface area (Å²) in [7, 11) is 0. The van der Waals surface area contributed by atoms with Gasteiger partial charge < -0.3 is 19.7 Å². The highest BCUT2D eigenvalue weighted by molar-refractivity contribution is 5.90. The molecule has 2 atom stereocenters. The second-order valence-corrected chi connectivity index (χ2v) is 5.51. The van der Waals surface area contributed by atoms with Gasteiger partial charge in [-0.3, -0.25) is 9.59 Å². The lowest BCUT2D eigenvalue weighted by Crippen LogP contribution is -2.53. The summed E-state index contributed by atoms with van der Waals surface area (Å²) in [6, 6.07) is 9.14. The molecule has 118 valence electrons. The topological polar surface area (TPSA) is 71.2 Å². The molecule has 2 unspecified atom stereocenters. The number of epoxide rings is 1. The molecule has 2 fully saturated rings. The minimum atomic E-state index is -0.558. The minimum absolute atomic E-state index is 0.0545. The van der Waals surface area contributed by atoms with E-state index in [1.165, 1.54) is 0 Å². The molecule has 6 heteroatoms. The molecule has 2 saturated heterocycles. The fourth-order valence-electron chi connectivity index (χ4n) is 2.52. The zero-order valence-corrected chi connectivity index (χ0v) is 12.4. The first-order valence-corrected chi connectivity index (χ1v) is 7.56. The second-order valence-electron chi connectivity index (χ2n) is 5.51. The quantitative estimate of drug-likeness (QED) is 0.776. The highest BCUT2D eigenvalue weighted by Gasteiger charge is 2.35. The van der Waals surface area contributed by atoms with Gasteiger partial charge in [0.1, 0.15) is 6.04 Å². The number of rotatable bonds is 5. The third-order valence-corrected chi connectivity index (χ3v) is 3.85. The van der Waals surface area contributed by atoms with Crippen molar-refractivity contribution in [2.75, 3.05) is 32.9 Å². The number of hydrogen-bond donors (Lipinski definition) is 1. The Hall–Kier alpha value is -1.92. The third kappa shape index (κ3) is 3.84. The van der Waals surface area contributed by atoms with E-state index in [9.17, 15) is 9.59 Å². The van der Waals surface area contributed by atoms with E-state index >= 15 is 0 Å². The van der Waals surface area contributed by atoms with Crippen molar-refractivity contribution in [2.45, 2.75) is 18.6 Å². The van der Waals surface area contributed by atoms with Crippen molar-refractivity contribution in [2.24, 2.45) is 0 Å². The van der Waals surface area contributed by atoms with Crippen LogP contribution in [0.1, 0.15) is 5.56 Å². The standard InChI is InChI=1S/C16H20N2O4/c19-15(14-11-22-14)17-13(10-12-4-2-1-3-5-12)16(20)18-6-8-21-9-7-18/h1-5,13-14H,6-11H2,(H,17,19). The Bertz CT molecular complexity index is 524. The maximum atomic E-state index is 12.7. The van der Waals surface area contributed by atoms with Crippen molar-refractivity contribution < 1.29 is 19.1 Å². The van der Waals surface area contributed by atoms with Gasteiger partial charge in [-0.05, 0) is 5.56 Å². The lowest BCUT2D eigenvalue weighted by Gasteiger charge is -2.30. The van der Waals surface area contributed by atoms with Crippen LogP contribution < -0.4 is 5.32 Å². The number of morpholine rings is 1. The molecule has 1 aromatic rings. The molecule has 3 rings (SSSR count). The average molecular weight is 304 g/mol. The monoisotopic (exact) mass is 304 g/mol. The molecule has 2 aliphatic heterocycles. The number of amides is 2. The molecular formula is C16H20N2O4. The Morgan fingerprint density at radius 3 is 2.55 bits per heavy atom. The van der Waals surface area contributed by atoms with Crippen molar-refractivity contribution in [1.82, 2.24) is 10.2 Å². The number of nitrogens with zero attached hydrogens (tertiary/aromatic N) is 1. The van der Waals surface area contributed by atoms with E-state index in [2.05, 4.69) is 5.32 Å². The maximum Gasteiger partial charge on any atom is 0.252 e. The molecular weight excluding hydrogens is 284 g/mol. The first-order chi connectivity index (χ1) is 10.7. The molecule has 0 aromatic heterocycles. The number of benzene rings is 1. The van der Waals surface area contributed by atoms with Crippen LogP contribution in [-0.4, -0.2) is 61.8 Å². The first-order valence-electron chi connectivity index (χ1n) is 7.56. The van der Waals surface area contributed by atoms with Crippen LogP contribution in [-0.2, 0) is 25.5 Å². The van der Waals surface area contributed by atoms with Crippen molar-refractivity contribution in [3.05, 3.63) is 35.9 Å². The highest BCUT2D eigenvalue weighted by Crippen LogP contribution is 2.12. The fourth-order valence-corrected chi connectivity index (χ4v) is 2.52. The molecule has 2 amide bonds. The summed E-state index contributed by atoms with van der Waals surface area (Å²) in [5.41, 5.74) is 1.02. The smallest absolute Gasteiger partial charge is 0.252 e. The zero-order valence-electron chi connectivity index (χ0n) is 12.4. The Kier molecular flexibility index (Phi) is 4.70. The number of nitrogens with one attached hydrogen (secondary N) is 1. The molecule has 2 heterocycles. The van der Waals surface area contributed by atoms with Crippen molar-refractivity contribution in [3.8, 4) is 0 Å². The van der Waals surface area contributed by atoms with Crippen LogP contribution in [0.2, 0.25) is 0 Å². The van der Waals surface area contributed by atoms with Gasteiger partial charge in [-0.1, -0.05) is 30.3 Å². The van der Waals surface area contributed by atoms with Crippen LogP contribution in [0.4, 0.5) is 0 Å². The summed E-state index contributed by atoms with van der Waals surface area (Å²) < 4.78 is 10.3. The third-order valence-electron chi connectivity index (χ3n) is 3.85. The molecule has 0 radical (unpaired) electrons. The predicted molar refractivity (Wildman–Crippen MR) is 79.2 cm³/mol. The van der Waals surface area contributed by atoms with Gasteiger partial charge in [-0.15, -0.1) is 0 Å². The van der Waals surface area contributed by atoms with E-state index in [0.717, 1.165) is 5.56 Å². The maximum absolute atomic E-state index is 12.7. The summed E-state index contributed by atoms with van der Waals surface area (Å²) in [6.07, 6.45) is 0.0888. The summed E-state index contributed by atoms with van der Waals surface area (Å²) >= 11 is 0. The largest absolute Gasteiger partial charge is 0.378 e. The Labute approximate surface area is 129 Å². The molecule has 0 aliphatic carbocycles. The van der Waals surface area contributed by atoms with E-state index in [1.54, 1.807) is 4.90 Å². The number of carbonyl (C=O) groups excluding carboxylic acids is 2. The highest BCUT2D eigenvalue weighted by atomic mass is 16.6. The number of carbonyl (C=O) groups is 2. The van der Waals surface area contributed by atoms with Gasteiger partial charge in [0.15, 0.2) is 6.10 Å². The van der Waals surface area contributed by atoms with Gasteiger partial charge in [0.25, 0.3) is 5.91 Å². The lowest BCUT2D eigenvalue weighted by molar-refractivity contribution is -0.140. The first kappa shape index (κ1) is 15.0.